The molecule has 1 aromatic carbocycles. The lowest BCUT2D eigenvalue weighted by molar-refractivity contribution is 0.273. The van der Waals surface area contributed by atoms with E-state index in [1.54, 1.807) is 12.1 Å². The normalized spacial score (nSPS) is 11.5. The van der Waals surface area contributed by atoms with Gasteiger partial charge in [0.15, 0.2) is 0 Å². The van der Waals surface area contributed by atoms with Gasteiger partial charge < -0.3 is 20.9 Å². The van der Waals surface area contributed by atoms with Gasteiger partial charge >= 0.3 is 8.25 Å². The molecule has 0 saturated carbocycles. The van der Waals surface area contributed by atoms with Crippen LogP contribution in [0, 0.1) is 0 Å². The second kappa shape index (κ2) is 13.0. The Balaban J connectivity index is 0.000000388. The number of nitrogens with two attached hydrogens (primary N) is 2. The molecular formula is C14H27N2O3P. The van der Waals surface area contributed by atoms with E-state index in [2.05, 4.69) is 11.4 Å². The van der Waals surface area contributed by atoms with E-state index in [0.717, 1.165) is 12.8 Å². The van der Waals surface area contributed by atoms with E-state index in [9.17, 15) is 4.57 Å². The lowest BCUT2D eigenvalue weighted by Gasteiger charge is -1.99. The second-order valence-electron chi connectivity index (χ2n) is 4.51. The van der Waals surface area contributed by atoms with Crippen molar-refractivity contribution in [2.75, 3.05) is 18.1 Å². The molecule has 0 radical (unpaired) electrons. The molecule has 0 heterocycles. The number of rotatable bonds is 8. The van der Waals surface area contributed by atoms with Crippen LogP contribution in [0.2, 0.25) is 0 Å². The minimum Gasteiger partial charge on any atom is -0.397 e. The molecule has 1 aromatic rings. The first kappa shape index (κ1) is 19.0. The predicted octanol–water partition coefficient (Wildman–Crippen LogP) is 3.60. The quantitative estimate of drug-likeness (QED) is 0.387. The molecule has 0 aromatic heterocycles. The Labute approximate surface area is 122 Å². The maximum Gasteiger partial charge on any atom is 0.316 e. The van der Waals surface area contributed by atoms with Crippen molar-refractivity contribution in [3.63, 3.8) is 0 Å². The Bertz CT molecular complexity index is 354. The highest BCUT2D eigenvalue weighted by Gasteiger charge is 1.92. The van der Waals surface area contributed by atoms with E-state index in [1.165, 1.54) is 25.7 Å². The van der Waals surface area contributed by atoms with Gasteiger partial charge in [0.05, 0.1) is 18.0 Å². The maximum atomic E-state index is 10.1. The van der Waals surface area contributed by atoms with E-state index >= 15 is 0 Å². The number of benzene rings is 1. The fraction of sp³-hybridized carbons (Fsp3) is 0.571. The van der Waals surface area contributed by atoms with Crippen LogP contribution in [0.15, 0.2) is 24.3 Å². The van der Waals surface area contributed by atoms with Crippen molar-refractivity contribution in [3.05, 3.63) is 24.3 Å². The molecule has 0 aliphatic heterocycles. The molecule has 116 valence electrons. The molecule has 0 saturated heterocycles. The monoisotopic (exact) mass is 302 g/mol. The highest BCUT2D eigenvalue weighted by Crippen LogP contribution is 2.15. The van der Waals surface area contributed by atoms with Gasteiger partial charge in [-0.15, -0.1) is 0 Å². The number of hydrogen-bond donors (Lipinski definition) is 3. The van der Waals surface area contributed by atoms with Gasteiger partial charge in [0, 0.05) is 0 Å². The van der Waals surface area contributed by atoms with E-state index in [-0.39, 0.29) is 0 Å². The first-order chi connectivity index (χ1) is 9.57. The van der Waals surface area contributed by atoms with Gasteiger partial charge in [-0.1, -0.05) is 51.2 Å². The summed E-state index contributed by atoms with van der Waals surface area (Å²) >= 11 is 0. The van der Waals surface area contributed by atoms with Gasteiger partial charge in [0.1, 0.15) is 0 Å². The van der Waals surface area contributed by atoms with E-state index in [0.29, 0.717) is 18.0 Å². The summed E-state index contributed by atoms with van der Waals surface area (Å²) in [6, 6.07) is 7.25. The zero-order valence-electron chi connectivity index (χ0n) is 12.2. The molecule has 0 fully saturated rings. The summed E-state index contributed by atoms with van der Waals surface area (Å²) in [6.07, 6.45) is 7.03. The predicted molar refractivity (Wildman–Crippen MR) is 85.8 cm³/mol. The Kier molecular flexibility index (Phi) is 12.3. The molecule has 0 spiro atoms. The molecule has 6 heteroatoms. The summed E-state index contributed by atoms with van der Waals surface area (Å²) in [5.74, 6) is 0. The van der Waals surface area contributed by atoms with Crippen LogP contribution in [-0.2, 0) is 9.09 Å². The van der Waals surface area contributed by atoms with Crippen molar-refractivity contribution in [1.82, 2.24) is 0 Å². The van der Waals surface area contributed by atoms with Crippen LogP contribution < -0.4 is 11.5 Å². The third-order valence-electron chi connectivity index (χ3n) is 2.72. The Morgan fingerprint density at radius 3 is 2.00 bits per heavy atom. The number of unbranched alkanes of at least 4 members (excludes halogenated alkanes) is 5. The number of hydrogen-bond acceptors (Lipinski definition) is 4. The van der Waals surface area contributed by atoms with Crippen molar-refractivity contribution in [2.45, 2.75) is 45.4 Å². The fourth-order valence-electron chi connectivity index (χ4n) is 1.55. The van der Waals surface area contributed by atoms with Crippen LogP contribution >= 0.6 is 8.25 Å². The highest BCUT2D eigenvalue weighted by molar-refractivity contribution is 7.32. The summed E-state index contributed by atoms with van der Waals surface area (Å²) < 4.78 is 14.6. The highest BCUT2D eigenvalue weighted by atomic mass is 31.1. The summed E-state index contributed by atoms with van der Waals surface area (Å²) in [7, 11) is -2.68. The van der Waals surface area contributed by atoms with Crippen LogP contribution in [0.5, 0.6) is 0 Å². The van der Waals surface area contributed by atoms with Crippen molar-refractivity contribution in [2.24, 2.45) is 0 Å². The SMILES string of the molecule is CCCCCCCCO[PH](=O)O.Nc1ccccc1N. The topological polar surface area (TPSA) is 98.6 Å². The van der Waals surface area contributed by atoms with Crippen LogP contribution in [-0.4, -0.2) is 11.5 Å². The summed E-state index contributed by atoms with van der Waals surface area (Å²) in [5, 5.41) is 0. The number of nitrogen functional groups attached to an aromatic ring is 2. The molecule has 20 heavy (non-hydrogen) atoms. The van der Waals surface area contributed by atoms with Gasteiger partial charge in [-0.05, 0) is 18.6 Å². The summed E-state index contributed by atoms with van der Waals surface area (Å²) in [5.41, 5.74) is 12.1. The standard InChI is InChI=1S/C8H19O3P.C6H8N2/c1-2-3-4-5-6-7-8-11-12(9)10;7-5-3-1-2-4-6(5)8/h12H,2-8H2,1H3,(H,9,10);1-4H,7-8H2. The second-order valence-corrected chi connectivity index (χ2v) is 5.33. The van der Waals surface area contributed by atoms with Crippen molar-refractivity contribution < 1.29 is 14.0 Å². The smallest absolute Gasteiger partial charge is 0.316 e. The van der Waals surface area contributed by atoms with Gasteiger partial charge in [-0.25, -0.2) is 0 Å². The van der Waals surface area contributed by atoms with Gasteiger partial charge in [0.2, 0.25) is 0 Å². The van der Waals surface area contributed by atoms with E-state index < -0.39 is 8.25 Å². The summed E-state index contributed by atoms with van der Waals surface area (Å²) in [6.45, 7) is 2.61. The average molecular weight is 302 g/mol. The molecular weight excluding hydrogens is 275 g/mol. The maximum absolute atomic E-state index is 10.1. The number of para-hydroxylation sites is 2. The van der Waals surface area contributed by atoms with Crippen molar-refractivity contribution in [1.29, 1.82) is 0 Å². The van der Waals surface area contributed by atoms with Crippen LogP contribution in [0.4, 0.5) is 11.4 Å². The molecule has 1 unspecified atom stereocenters. The van der Waals surface area contributed by atoms with Gasteiger partial charge in [-0.3, -0.25) is 4.57 Å². The van der Waals surface area contributed by atoms with Crippen LogP contribution in [0.25, 0.3) is 0 Å². The van der Waals surface area contributed by atoms with Crippen molar-refractivity contribution >= 4 is 19.6 Å². The third-order valence-corrected chi connectivity index (χ3v) is 3.17. The number of anilines is 2. The van der Waals surface area contributed by atoms with E-state index in [1.807, 2.05) is 12.1 Å². The zero-order valence-corrected chi connectivity index (χ0v) is 13.2. The van der Waals surface area contributed by atoms with E-state index in [4.69, 9.17) is 16.4 Å². The fourth-order valence-corrected chi connectivity index (χ4v) is 1.87. The van der Waals surface area contributed by atoms with Crippen LogP contribution in [0.1, 0.15) is 45.4 Å². The summed E-state index contributed by atoms with van der Waals surface area (Å²) in [4.78, 5) is 8.32. The first-order valence-corrected chi connectivity index (χ1v) is 8.30. The van der Waals surface area contributed by atoms with Gasteiger partial charge in [-0.2, -0.15) is 0 Å². The largest absolute Gasteiger partial charge is 0.397 e. The molecule has 1 rings (SSSR count). The minimum atomic E-state index is -2.68. The lowest BCUT2D eigenvalue weighted by Crippen LogP contribution is -1.91. The minimum absolute atomic E-state index is 0.431. The third kappa shape index (κ3) is 12.0. The molecule has 0 bridgehead atoms. The molecule has 5 nitrogen and oxygen atoms in total. The Morgan fingerprint density at radius 2 is 1.55 bits per heavy atom. The van der Waals surface area contributed by atoms with Crippen molar-refractivity contribution in [3.8, 4) is 0 Å². The lowest BCUT2D eigenvalue weighted by atomic mass is 10.1. The molecule has 0 aliphatic carbocycles. The van der Waals surface area contributed by atoms with Crippen LogP contribution in [0.3, 0.4) is 0 Å². The Hall–Kier alpha value is -1.03. The molecule has 0 aliphatic rings. The Morgan fingerprint density at radius 1 is 1.05 bits per heavy atom. The van der Waals surface area contributed by atoms with Gasteiger partial charge in [0.25, 0.3) is 0 Å². The molecule has 0 amide bonds. The molecule has 5 N–H and O–H groups in total. The zero-order chi connectivity index (χ0) is 15.2. The first-order valence-electron chi connectivity index (χ1n) is 7.03. The average Bonchev–Trinajstić information content (AvgIpc) is 2.42. The molecule has 1 atom stereocenters.